The molecule has 1 fully saturated rings. The summed E-state index contributed by atoms with van der Waals surface area (Å²) >= 11 is 0. The van der Waals surface area contributed by atoms with Crippen molar-refractivity contribution in [3.8, 4) is 0 Å². The molecule has 0 radical (unpaired) electrons. The molecule has 12 heavy (non-hydrogen) atoms. The second kappa shape index (κ2) is 2.84. The Hall–Kier alpha value is -0.370. The van der Waals surface area contributed by atoms with Gasteiger partial charge in [0, 0.05) is 0 Å². The van der Waals surface area contributed by atoms with Gasteiger partial charge in [-0.2, -0.15) is 0 Å². The zero-order valence-corrected chi connectivity index (χ0v) is 8.42. The molecule has 0 aromatic carbocycles. The van der Waals surface area contributed by atoms with E-state index in [-0.39, 0.29) is 11.8 Å². The van der Waals surface area contributed by atoms with Gasteiger partial charge in [0.15, 0.2) is 0 Å². The fraction of sp³-hybridized carbons (Fsp3) is 0.900. The number of nitrogens with two attached hydrogens (primary N) is 1. The fourth-order valence-electron chi connectivity index (χ4n) is 2.13. The van der Waals surface area contributed by atoms with Crippen LogP contribution < -0.4 is 5.73 Å². The lowest BCUT2D eigenvalue weighted by Gasteiger charge is -2.51. The number of ketones is 1. The van der Waals surface area contributed by atoms with Gasteiger partial charge in [0.05, 0.1) is 6.04 Å². The Morgan fingerprint density at radius 3 is 2.33 bits per heavy atom. The van der Waals surface area contributed by atoms with Crippen LogP contribution in [0.5, 0.6) is 0 Å². The fourth-order valence-corrected chi connectivity index (χ4v) is 2.13. The van der Waals surface area contributed by atoms with Gasteiger partial charge < -0.3 is 5.73 Å². The maximum absolute atomic E-state index is 11.0. The molecule has 1 saturated carbocycles. The molecular weight excluding hydrogens is 150 g/mol. The lowest BCUT2D eigenvalue weighted by molar-refractivity contribution is -0.123. The van der Waals surface area contributed by atoms with Crippen LogP contribution in [0.3, 0.4) is 0 Å². The highest BCUT2D eigenvalue weighted by atomic mass is 16.1. The molecule has 0 aromatic heterocycles. The van der Waals surface area contributed by atoms with Gasteiger partial charge in [-0.25, -0.2) is 0 Å². The monoisotopic (exact) mass is 169 g/mol. The van der Waals surface area contributed by atoms with Crippen molar-refractivity contribution in [3.63, 3.8) is 0 Å². The molecule has 2 nitrogen and oxygen atoms in total. The molecule has 1 rings (SSSR count). The molecule has 0 bridgehead atoms. The zero-order valence-electron chi connectivity index (χ0n) is 8.42. The van der Waals surface area contributed by atoms with Gasteiger partial charge in [-0.3, -0.25) is 4.79 Å². The zero-order chi connectivity index (χ0) is 9.52. The number of hydrogen-bond acceptors (Lipinski definition) is 2. The number of rotatable bonds is 2. The van der Waals surface area contributed by atoms with Gasteiger partial charge in [-0.1, -0.05) is 20.8 Å². The second-order valence-electron chi connectivity index (χ2n) is 4.78. The third-order valence-electron chi connectivity index (χ3n) is 3.57. The van der Waals surface area contributed by atoms with Crippen LogP contribution in [0, 0.1) is 17.3 Å². The summed E-state index contributed by atoms with van der Waals surface area (Å²) in [5.74, 6) is 1.12. The summed E-state index contributed by atoms with van der Waals surface area (Å²) in [4.78, 5) is 11.0. The summed E-state index contributed by atoms with van der Waals surface area (Å²) in [7, 11) is 0. The van der Waals surface area contributed by atoms with E-state index in [9.17, 15) is 4.79 Å². The van der Waals surface area contributed by atoms with Crippen molar-refractivity contribution in [1.29, 1.82) is 0 Å². The smallest absolute Gasteiger partial charge is 0.146 e. The van der Waals surface area contributed by atoms with Crippen LogP contribution in [0.15, 0.2) is 0 Å². The van der Waals surface area contributed by atoms with Gasteiger partial charge in [-0.05, 0) is 30.6 Å². The molecule has 0 spiro atoms. The average molecular weight is 169 g/mol. The van der Waals surface area contributed by atoms with E-state index in [2.05, 4.69) is 20.8 Å². The summed E-state index contributed by atoms with van der Waals surface area (Å²) in [5.41, 5.74) is 6.17. The van der Waals surface area contributed by atoms with E-state index in [1.165, 1.54) is 0 Å². The van der Waals surface area contributed by atoms with Crippen molar-refractivity contribution in [2.24, 2.45) is 23.0 Å². The topological polar surface area (TPSA) is 43.1 Å². The Labute approximate surface area is 74.5 Å². The Balaban J connectivity index is 2.55. The molecule has 1 aliphatic carbocycles. The lowest BCUT2D eigenvalue weighted by Crippen LogP contribution is -2.53. The molecule has 0 amide bonds. The van der Waals surface area contributed by atoms with E-state index in [4.69, 9.17) is 5.73 Å². The minimum Gasteiger partial charge on any atom is -0.321 e. The van der Waals surface area contributed by atoms with Gasteiger partial charge >= 0.3 is 0 Å². The molecule has 0 unspecified atom stereocenters. The molecule has 2 heteroatoms. The first kappa shape index (κ1) is 9.72. The van der Waals surface area contributed by atoms with E-state index in [0.717, 1.165) is 6.42 Å². The van der Waals surface area contributed by atoms with Crippen LogP contribution in [-0.4, -0.2) is 11.8 Å². The Bertz CT molecular complexity index is 198. The molecule has 0 saturated heterocycles. The highest BCUT2D eigenvalue weighted by molar-refractivity contribution is 5.81. The van der Waals surface area contributed by atoms with Gasteiger partial charge in [0.1, 0.15) is 5.78 Å². The molecule has 1 aliphatic rings. The predicted molar refractivity (Wildman–Crippen MR) is 49.7 cm³/mol. The first-order chi connectivity index (χ1) is 5.36. The summed E-state index contributed by atoms with van der Waals surface area (Å²) < 4.78 is 0. The summed E-state index contributed by atoms with van der Waals surface area (Å²) in [5, 5.41) is 0. The van der Waals surface area contributed by atoms with E-state index in [0.29, 0.717) is 17.3 Å². The highest BCUT2D eigenvalue weighted by Gasteiger charge is 2.47. The Morgan fingerprint density at radius 2 is 2.08 bits per heavy atom. The maximum Gasteiger partial charge on any atom is 0.146 e. The van der Waals surface area contributed by atoms with Crippen LogP contribution in [0.4, 0.5) is 0 Å². The molecule has 70 valence electrons. The van der Waals surface area contributed by atoms with Crippen molar-refractivity contribution in [1.82, 2.24) is 0 Å². The first-order valence-electron chi connectivity index (χ1n) is 4.62. The highest BCUT2D eigenvalue weighted by Crippen LogP contribution is 2.51. The van der Waals surface area contributed by atoms with Gasteiger partial charge in [-0.15, -0.1) is 0 Å². The van der Waals surface area contributed by atoms with Crippen molar-refractivity contribution in [3.05, 3.63) is 0 Å². The molecule has 0 aliphatic heterocycles. The standard InChI is InChI=1S/C10H19NO/c1-6-8(5-10(6,3)4)9(11)7(2)12/h6,8-9H,5,11H2,1-4H3/t6-,8-,9+/m0/s1. The third-order valence-corrected chi connectivity index (χ3v) is 3.57. The SMILES string of the molecule is CC(=O)[C@@H](N)[C@H]1CC(C)(C)[C@H]1C. The van der Waals surface area contributed by atoms with Crippen molar-refractivity contribution in [2.75, 3.05) is 0 Å². The Morgan fingerprint density at radius 1 is 1.58 bits per heavy atom. The molecule has 2 N–H and O–H groups in total. The second-order valence-corrected chi connectivity index (χ2v) is 4.78. The minimum atomic E-state index is -0.229. The number of Topliss-reactive ketones (excluding diaryl/α,β-unsaturated/α-hetero) is 1. The summed E-state index contributed by atoms with van der Waals surface area (Å²) in [6.45, 7) is 8.25. The van der Waals surface area contributed by atoms with Crippen LogP contribution in [0.2, 0.25) is 0 Å². The molecule has 0 heterocycles. The average Bonchev–Trinajstić information content (AvgIpc) is 1.98. The number of carbonyl (C=O) groups is 1. The van der Waals surface area contributed by atoms with Crippen LogP contribution in [-0.2, 0) is 4.79 Å². The largest absolute Gasteiger partial charge is 0.321 e. The maximum atomic E-state index is 11.0. The van der Waals surface area contributed by atoms with Crippen molar-refractivity contribution in [2.45, 2.75) is 40.2 Å². The number of carbonyl (C=O) groups excluding carboxylic acids is 1. The Kier molecular flexibility index (Phi) is 2.30. The first-order valence-corrected chi connectivity index (χ1v) is 4.62. The van der Waals surface area contributed by atoms with Gasteiger partial charge in [0.2, 0.25) is 0 Å². The van der Waals surface area contributed by atoms with Crippen LogP contribution in [0.25, 0.3) is 0 Å². The summed E-state index contributed by atoms with van der Waals surface area (Å²) in [6.07, 6.45) is 1.09. The van der Waals surface area contributed by atoms with Crippen molar-refractivity contribution >= 4 is 5.78 Å². The molecular formula is C10H19NO. The normalized spacial score (nSPS) is 35.4. The van der Waals surface area contributed by atoms with E-state index >= 15 is 0 Å². The quantitative estimate of drug-likeness (QED) is 0.682. The van der Waals surface area contributed by atoms with E-state index in [1.54, 1.807) is 6.92 Å². The van der Waals surface area contributed by atoms with Gasteiger partial charge in [0.25, 0.3) is 0 Å². The third kappa shape index (κ3) is 1.40. The van der Waals surface area contributed by atoms with E-state index in [1.807, 2.05) is 0 Å². The number of hydrogen-bond donors (Lipinski definition) is 1. The van der Waals surface area contributed by atoms with E-state index < -0.39 is 0 Å². The summed E-state index contributed by atoms with van der Waals surface area (Å²) in [6, 6.07) is -0.229. The van der Waals surface area contributed by atoms with Crippen molar-refractivity contribution < 1.29 is 4.79 Å². The predicted octanol–water partition coefficient (Wildman–Crippen LogP) is 1.58. The van der Waals surface area contributed by atoms with Crippen LogP contribution in [0.1, 0.15) is 34.1 Å². The minimum absolute atomic E-state index is 0.127. The molecule has 3 atom stereocenters. The lowest BCUT2D eigenvalue weighted by atomic mass is 9.54. The van der Waals surface area contributed by atoms with Crippen LogP contribution >= 0.6 is 0 Å². The molecule has 0 aromatic rings.